The number of nitrogens with zero attached hydrogens (tertiary/aromatic N) is 1. The Balaban J connectivity index is 4.94. The Bertz CT molecular complexity index is 251. The van der Waals surface area contributed by atoms with E-state index in [9.17, 15) is 13.6 Å². The molecule has 0 bridgehead atoms. The van der Waals surface area contributed by atoms with Crippen molar-refractivity contribution in [2.24, 2.45) is 4.99 Å². The number of aliphatic imine (C=N–C) groups is 1. The molecule has 0 radical (unpaired) electrons. The van der Waals surface area contributed by atoms with E-state index in [4.69, 9.17) is 11.6 Å². The summed E-state index contributed by atoms with van der Waals surface area (Å²) in [7, 11) is 2.64. The molecule has 1 N–H and O–H groups in total. The molecule has 0 aliphatic carbocycles. The summed E-state index contributed by atoms with van der Waals surface area (Å²) in [6, 6.07) is 0. The van der Waals surface area contributed by atoms with Crippen molar-refractivity contribution in [1.29, 1.82) is 0 Å². The Morgan fingerprint density at radius 1 is 1.62 bits per heavy atom. The molecule has 0 aromatic carbocycles. The molecule has 0 saturated carbocycles. The van der Waals surface area contributed by atoms with Gasteiger partial charge >= 0.3 is 0 Å². The van der Waals surface area contributed by atoms with Crippen LogP contribution in [0.3, 0.4) is 0 Å². The Hall–Kier alpha value is -0.970. The summed E-state index contributed by atoms with van der Waals surface area (Å²) in [4.78, 5) is 14.0. The molecular formula is C7H9ClF2N2O. The second-order valence-electron chi connectivity index (χ2n) is 2.03. The first-order valence-corrected chi connectivity index (χ1v) is 3.74. The molecule has 0 aromatic rings. The quantitative estimate of drug-likeness (QED) is 0.430. The average molecular weight is 211 g/mol. The number of hydrogen-bond donors (Lipinski definition) is 1. The Morgan fingerprint density at radius 3 is 2.38 bits per heavy atom. The van der Waals surface area contributed by atoms with E-state index < -0.39 is 17.4 Å². The summed E-state index contributed by atoms with van der Waals surface area (Å²) in [5, 5.41) is 1.47. The minimum absolute atomic E-state index is 0.318. The van der Waals surface area contributed by atoms with E-state index in [-0.39, 0.29) is 5.57 Å². The monoisotopic (exact) mass is 210 g/mol. The molecule has 0 unspecified atom stereocenters. The lowest BCUT2D eigenvalue weighted by atomic mass is 10.2. The fourth-order valence-corrected chi connectivity index (χ4v) is 0.863. The van der Waals surface area contributed by atoms with Gasteiger partial charge in [0.05, 0.1) is 5.57 Å². The third-order valence-corrected chi connectivity index (χ3v) is 1.43. The summed E-state index contributed by atoms with van der Waals surface area (Å²) in [6.07, 6.45) is -1.73. The highest BCUT2D eigenvalue weighted by Crippen LogP contribution is 2.09. The van der Waals surface area contributed by atoms with Gasteiger partial charge < -0.3 is 5.32 Å². The van der Waals surface area contributed by atoms with Crippen molar-refractivity contribution in [3.63, 3.8) is 0 Å². The first-order valence-electron chi connectivity index (χ1n) is 3.37. The number of halogens is 3. The van der Waals surface area contributed by atoms with Crippen LogP contribution in [0.4, 0.5) is 8.78 Å². The summed E-state index contributed by atoms with van der Waals surface area (Å²) in [5.41, 5.74) is -0.934. The zero-order valence-electron chi connectivity index (χ0n) is 7.14. The molecule has 3 nitrogen and oxygen atoms in total. The Morgan fingerprint density at radius 2 is 2.15 bits per heavy atom. The van der Waals surface area contributed by atoms with E-state index in [1.54, 1.807) is 0 Å². The van der Waals surface area contributed by atoms with Gasteiger partial charge in [-0.15, -0.1) is 0 Å². The minimum atomic E-state index is -2.81. The van der Waals surface area contributed by atoms with Crippen molar-refractivity contribution < 1.29 is 13.6 Å². The zero-order chi connectivity index (χ0) is 10.4. The normalized spacial score (nSPS) is 13.4. The van der Waals surface area contributed by atoms with Crippen molar-refractivity contribution in [1.82, 2.24) is 5.32 Å². The van der Waals surface area contributed by atoms with Crippen LogP contribution in [0.15, 0.2) is 16.8 Å². The molecule has 0 aromatic heterocycles. The number of carbonyl (C=O) groups is 1. The number of rotatable bonds is 4. The largest absolute Gasteiger partial charge is 0.393 e. The summed E-state index contributed by atoms with van der Waals surface area (Å²) in [6.45, 7) is 0. The smallest absolute Gasteiger partial charge is 0.280 e. The van der Waals surface area contributed by atoms with E-state index in [1.165, 1.54) is 14.1 Å². The lowest BCUT2D eigenvalue weighted by molar-refractivity contribution is -0.108. The maximum absolute atomic E-state index is 12.2. The Kier molecular flexibility index (Phi) is 5.22. The van der Waals surface area contributed by atoms with Gasteiger partial charge in [-0.3, -0.25) is 9.79 Å². The third kappa shape index (κ3) is 3.50. The number of hydrogen-bond acceptors (Lipinski definition) is 3. The van der Waals surface area contributed by atoms with Crippen molar-refractivity contribution >= 4 is 22.6 Å². The predicted octanol–water partition coefficient (Wildman–Crippen LogP) is 1.19. The molecule has 13 heavy (non-hydrogen) atoms. The van der Waals surface area contributed by atoms with Crippen molar-refractivity contribution in [2.45, 2.75) is 6.43 Å². The topological polar surface area (TPSA) is 41.5 Å². The molecule has 0 aliphatic heterocycles. The SMILES string of the molecule is C/N=C(\C(=C/NC)C(=O)Cl)C(F)F. The van der Waals surface area contributed by atoms with Gasteiger partial charge in [0.25, 0.3) is 11.7 Å². The van der Waals surface area contributed by atoms with E-state index >= 15 is 0 Å². The molecule has 0 rings (SSSR count). The third-order valence-electron chi connectivity index (χ3n) is 1.22. The van der Waals surface area contributed by atoms with E-state index in [0.717, 1.165) is 6.20 Å². The minimum Gasteiger partial charge on any atom is -0.393 e. The number of carbonyl (C=O) groups excluding carboxylic acids is 1. The fourth-order valence-electron chi connectivity index (χ4n) is 0.711. The summed E-state index contributed by atoms with van der Waals surface area (Å²) in [5.74, 6) is 0. The Labute approximate surface area is 79.5 Å². The van der Waals surface area contributed by atoms with Gasteiger partial charge in [0, 0.05) is 20.3 Å². The van der Waals surface area contributed by atoms with Crippen molar-refractivity contribution in [3.8, 4) is 0 Å². The van der Waals surface area contributed by atoms with Crippen LogP contribution in [0.25, 0.3) is 0 Å². The second-order valence-corrected chi connectivity index (χ2v) is 2.37. The highest BCUT2D eigenvalue weighted by Gasteiger charge is 2.21. The molecule has 0 saturated heterocycles. The van der Waals surface area contributed by atoms with Gasteiger partial charge in [-0.05, 0) is 11.6 Å². The molecule has 0 aliphatic rings. The number of alkyl halides is 2. The number of nitrogens with one attached hydrogen (secondary N) is 1. The number of allylic oxidation sites excluding steroid dienone is 1. The van der Waals surface area contributed by atoms with Crippen LogP contribution in [0, 0.1) is 0 Å². The van der Waals surface area contributed by atoms with E-state index in [0.29, 0.717) is 0 Å². The highest BCUT2D eigenvalue weighted by atomic mass is 35.5. The highest BCUT2D eigenvalue weighted by molar-refractivity contribution is 6.70. The first-order chi connectivity index (χ1) is 6.04. The maximum atomic E-state index is 12.2. The van der Waals surface area contributed by atoms with Crippen LogP contribution in [-0.2, 0) is 4.79 Å². The molecule has 0 spiro atoms. The zero-order valence-corrected chi connectivity index (χ0v) is 7.90. The van der Waals surface area contributed by atoms with Crippen LogP contribution in [0.5, 0.6) is 0 Å². The van der Waals surface area contributed by atoms with Crippen LogP contribution in [-0.4, -0.2) is 31.5 Å². The van der Waals surface area contributed by atoms with Gasteiger partial charge in [-0.1, -0.05) is 0 Å². The second kappa shape index (κ2) is 5.64. The molecule has 6 heteroatoms. The van der Waals surface area contributed by atoms with Gasteiger partial charge in [0.2, 0.25) is 0 Å². The molecule has 0 fully saturated rings. The standard InChI is InChI=1S/C7H9ClF2N2O/c1-11-3-4(6(8)13)5(12-2)7(9)10/h3,7,11H,1-2H3/b4-3+,12-5+. The van der Waals surface area contributed by atoms with Crippen LogP contribution in [0.2, 0.25) is 0 Å². The summed E-state index contributed by atoms with van der Waals surface area (Å²) < 4.78 is 24.4. The van der Waals surface area contributed by atoms with Crippen LogP contribution in [0.1, 0.15) is 0 Å². The van der Waals surface area contributed by atoms with E-state index in [1.807, 2.05) is 0 Å². The predicted molar refractivity (Wildman–Crippen MR) is 47.4 cm³/mol. The lowest BCUT2D eigenvalue weighted by Gasteiger charge is -2.04. The lowest BCUT2D eigenvalue weighted by Crippen LogP contribution is -2.19. The van der Waals surface area contributed by atoms with Gasteiger partial charge in [0.15, 0.2) is 0 Å². The van der Waals surface area contributed by atoms with E-state index in [2.05, 4.69) is 10.3 Å². The molecule has 0 amide bonds. The molecular weight excluding hydrogens is 202 g/mol. The van der Waals surface area contributed by atoms with Crippen LogP contribution >= 0.6 is 11.6 Å². The molecule has 0 atom stereocenters. The van der Waals surface area contributed by atoms with Crippen molar-refractivity contribution in [3.05, 3.63) is 11.8 Å². The van der Waals surface area contributed by atoms with Gasteiger partial charge in [0.1, 0.15) is 5.71 Å². The van der Waals surface area contributed by atoms with Crippen molar-refractivity contribution in [2.75, 3.05) is 14.1 Å². The first kappa shape index (κ1) is 12.0. The van der Waals surface area contributed by atoms with Crippen LogP contribution < -0.4 is 5.32 Å². The summed E-state index contributed by atoms with van der Waals surface area (Å²) >= 11 is 5.08. The fraction of sp³-hybridized carbons (Fsp3) is 0.429. The average Bonchev–Trinajstić information content (AvgIpc) is 2.03. The molecule has 74 valence electrons. The maximum Gasteiger partial charge on any atom is 0.280 e. The molecule has 0 heterocycles. The van der Waals surface area contributed by atoms with Gasteiger partial charge in [-0.25, -0.2) is 8.78 Å². The van der Waals surface area contributed by atoms with Gasteiger partial charge in [-0.2, -0.15) is 0 Å².